The van der Waals surface area contributed by atoms with E-state index < -0.39 is 11.5 Å². The predicted molar refractivity (Wildman–Crippen MR) is 133 cm³/mol. The number of carbonyl (C=O) groups is 1. The van der Waals surface area contributed by atoms with Gasteiger partial charge in [-0.25, -0.2) is 0 Å². The van der Waals surface area contributed by atoms with Gasteiger partial charge in [-0.15, -0.1) is 0 Å². The van der Waals surface area contributed by atoms with Crippen molar-refractivity contribution in [3.8, 4) is 0 Å². The zero-order valence-corrected chi connectivity index (χ0v) is 22.6. The summed E-state index contributed by atoms with van der Waals surface area (Å²) < 4.78 is 0. The second-order valence-electron chi connectivity index (χ2n) is 15.4. The van der Waals surface area contributed by atoms with Crippen molar-refractivity contribution in [3.63, 3.8) is 0 Å². The summed E-state index contributed by atoms with van der Waals surface area (Å²) in [5, 5.41) is 22.9. The minimum atomic E-state index is -0.415. The molecule has 0 spiro atoms. The quantitative estimate of drug-likeness (QED) is 0.442. The normalized spacial score (nSPS) is 57.3. The Morgan fingerprint density at radius 1 is 0.727 bits per heavy atom. The van der Waals surface area contributed by atoms with Gasteiger partial charge in [0.05, 0.1) is 12.2 Å². The first-order valence-electron chi connectivity index (χ1n) is 14.0. The van der Waals surface area contributed by atoms with Crippen molar-refractivity contribution in [2.75, 3.05) is 0 Å². The zero-order valence-electron chi connectivity index (χ0n) is 22.6. The molecule has 5 rings (SSSR count). The van der Waals surface area contributed by atoms with Crippen LogP contribution in [0.2, 0.25) is 0 Å². The summed E-state index contributed by atoms with van der Waals surface area (Å²) in [6.07, 6.45) is 8.33. The molecule has 5 fully saturated rings. The number of aliphatic hydroxyl groups is 2. The third-order valence-electron chi connectivity index (χ3n) is 13.7. The molecule has 0 bridgehead atoms. The van der Waals surface area contributed by atoms with Crippen LogP contribution in [0, 0.1) is 56.2 Å². The van der Waals surface area contributed by atoms with Gasteiger partial charge in [0.2, 0.25) is 0 Å². The van der Waals surface area contributed by atoms with Gasteiger partial charge < -0.3 is 10.2 Å². The summed E-state index contributed by atoms with van der Waals surface area (Å²) in [5.74, 6) is 1.78. The van der Waals surface area contributed by atoms with Crippen LogP contribution in [0.25, 0.3) is 0 Å². The number of fused-ring (bicyclic) bond motifs is 7. The van der Waals surface area contributed by atoms with Gasteiger partial charge in [-0.05, 0) is 96.2 Å². The van der Waals surface area contributed by atoms with E-state index in [4.69, 9.17) is 0 Å². The third kappa shape index (κ3) is 2.73. The number of carbonyl (C=O) groups excluding carboxylic acids is 1. The second-order valence-corrected chi connectivity index (χ2v) is 15.4. The summed E-state index contributed by atoms with van der Waals surface area (Å²) >= 11 is 0. The van der Waals surface area contributed by atoms with Gasteiger partial charge in [0, 0.05) is 17.8 Å². The number of hydrogen-bond acceptors (Lipinski definition) is 3. The van der Waals surface area contributed by atoms with E-state index >= 15 is 0 Å². The van der Waals surface area contributed by atoms with E-state index in [1.54, 1.807) is 0 Å². The molecule has 188 valence electrons. The molecule has 0 aromatic heterocycles. The Balaban J connectivity index is 1.61. The van der Waals surface area contributed by atoms with E-state index in [0.29, 0.717) is 30.0 Å². The molecular formula is C30H50O3. The highest BCUT2D eigenvalue weighted by Gasteiger charge is 2.74. The fourth-order valence-corrected chi connectivity index (χ4v) is 11.8. The molecule has 3 heteroatoms. The molecule has 33 heavy (non-hydrogen) atoms. The van der Waals surface area contributed by atoms with E-state index in [1.165, 1.54) is 0 Å². The smallest absolute Gasteiger partial charge is 0.139 e. The van der Waals surface area contributed by atoms with E-state index in [-0.39, 0.29) is 39.1 Å². The number of Topliss-reactive ketones (excluding diaryl/α,β-unsaturated/α-hetero) is 1. The molecule has 2 N–H and O–H groups in total. The van der Waals surface area contributed by atoms with Crippen molar-refractivity contribution in [1.82, 2.24) is 0 Å². The molecule has 5 aliphatic rings. The van der Waals surface area contributed by atoms with Crippen molar-refractivity contribution in [2.24, 2.45) is 56.2 Å². The number of hydrogen-bond donors (Lipinski definition) is 2. The van der Waals surface area contributed by atoms with Crippen LogP contribution in [-0.4, -0.2) is 28.2 Å². The highest BCUT2D eigenvalue weighted by molar-refractivity contribution is 5.86. The van der Waals surface area contributed by atoms with E-state index in [1.807, 2.05) is 0 Å². The van der Waals surface area contributed by atoms with Gasteiger partial charge in [-0.1, -0.05) is 55.4 Å². The Labute approximate surface area is 202 Å². The number of rotatable bonds is 0. The predicted octanol–water partition coefficient (Wildman–Crippen LogP) is 6.40. The molecule has 5 aliphatic carbocycles. The average Bonchev–Trinajstić information content (AvgIpc) is 2.70. The fraction of sp³-hybridized carbons (Fsp3) is 0.967. The van der Waals surface area contributed by atoms with Crippen LogP contribution in [0.3, 0.4) is 0 Å². The maximum absolute atomic E-state index is 13.7. The molecular weight excluding hydrogens is 408 g/mol. The molecule has 0 aliphatic heterocycles. The Hall–Kier alpha value is -0.410. The van der Waals surface area contributed by atoms with Crippen molar-refractivity contribution < 1.29 is 15.0 Å². The summed E-state index contributed by atoms with van der Waals surface area (Å²) in [6, 6.07) is 0. The van der Waals surface area contributed by atoms with E-state index in [2.05, 4.69) is 55.4 Å². The van der Waals surface area contributed by atoms with Crippen LogP contribution in [0.1, 0.15) is 113 Å². The first kappa shape index (κ1) is 24.3. The van der Waals surface area contributed by atoms with E-state index in [9.17, 15) is 15.0 Å². The maximum Gasteiger partial charge on any atom is 0.139 e. The maximum atomic E-state index is 13.7. The molecule has 0 aromatic carbocycles. The van der Waals surface area contributed by atoms with Gasteiger partial charge >= 0.3 is 0 Å². The van der Waals surface area contributed by atoms with Crippen molar-refractivity contribution in [2.45, 2.75) is 125 Å². The highest BCUT2D eigenvalue weighted by atomic mass is 16.3. The van der Waals surface area contributed by atoms with Gasteiger partial charge in [0.15, 0.2) is 0 Å². The topological polar surface area (TPSA) is 57.5 Å². The SMILES string of the molecule is CC1(C)CCC(=O)[C@@]2(C)C1CC[C@]1(C)C2C(O)C[C@@H]2[C@@]3(C)CCC(O)C(C)(C)[C@@H]3CC[C@]21C. The third-order valence-corrected chi connectivity index (χ3v) is 13.7. The van der Waals surface area contributed by atoms with E-state index in [0.717, 1.165) is 51.4 Å². The first-order chi connectivity index (χ1) is 15.1. The summed E-state index contributed by atoms with van der Waals surface area (Å²) in [5.41, 5.74) is -0.104. The van der Waals surface area contributed by atoms with Crippen molar-refractivity contribution in [1.29, 1.82) is 0 Å². The Bertz CT molecular complexity index is 845. The largest absolute Gasteiger partial charge is 0.393 e. The molecule has 3 nitrogen and oxygen atoms in total. The Kier molecular flexibility index (Phi) is 5.06. The van der Waals surface area contributed by atoms with Gasteiger partial charge in [0.1, 0.15) is 5.78 Å². The number of aliphatic hydroxyl groups excluding tert-OH is 2. The zero-order chi connectivity index (χ0) is 24.4. The molecule has 0 heterocycles. The monoisotopic (exact) mass is 458 g/mol. The first-order valence-corrected chi connectivity index (χ1v) is 14.0. The van der Waals surface area contributed by atoms with Crippen LogP contribution in [-0.2, 0) is 4.79 Å². The molecule has 0 radical (unpaired) electrons. The second kappa shape index (κ2) is 6.87. The van der Waals surface area contributed by atoms with Crippen molar-refractivity contribution >= 4 is 5.78 Å². The number of ketones is 1. The van der Waals surface area contributed by atoms with Gasteiger partial charge in [-0.2, -0.15) is 0 Å². The molecule has 10 atom stereocenters. The molecule has 5 saturated carbocycles. The minimum Gasteiger partial charge on any atom is -0.393 e. The lowest BCUT2D eigenvalue weighted by Gasteiger charge is -2.75. The Morgan fingerprint density at radius 3 is 2.00 bits per heavy atom. The molecule has 4 unspecified atom stereocenters. The molecule has 0 amide bonds. The summed E-state index contributed by atoms with van der Waals surface area (Å²) in [7, 11) is 0. The van der Waals surface area contributed by atoms with Gasteiger partial charge in [-0.3, -0.25) is 4.79 Å². The highest BCUT2D eigenvalue weighted by Crippen LogP contribution is 2.77. The molecule has 0 saturated heterocycles. The van der Waals surface area contributed by atoms with Crippen LogP contribution in [0.4, 0.5) is 0 Å². The van der Waals surface area contributed by atoms with Crippen molar-refractivity contribution in [3.05, 3.63) is 0 Å². The standard InChI is InChI=1S/C30H50O3/c1-25(2)13-11-23(33)30(8)19(25)9-16-29(7)24(30)18(31)17-21-27(5)14-12-22(32)26(3,4)20(27)10-15-28(21,29)6/h18-22,24,31-32H,9-17H2,1-8H3/t18?,19?,20-,21+,22?,24?,27-,28+,29+,30+/m0/s1. The van der Waals surface area contributed by atoms with Crippen LogP contribution >= 0.6 is 0 Å². The summed E-state index contributed by atoms with van der Waals surface area (Å²) in [4.78, 5) is 13.7. The minimum absolute atomic E-state index is 0.0299. The summed E-state index contributed by atoms with van der Waals surface area (Å²) in [6.45, 7) is 19.0. The van der Waals surface area contributed by atoms with Crippen LogP contribution in [0.15, 0.2) is 0 Å². The lowest BCUT2D eigenvalue weighted by atomic mass is 9.30. The average molecular weight is 459 g/mol. The molecule has 0 aromatic rings. The van der Waals surface area contributed by atoms with Crippen LogP contribution in [0.5, 0.6) is 0 Å². The Morgan fingerprint density at radius 2 is 1.33 bits per heavy atom. The lowest BCUT2D eigenvalue weighted by molar-refractivity contribution is -0.282. The van der Waals surface area contributed by atoms with Crippen LogP contribution < -0.4 is 0 Å². The van der Waals surface area contributed by atoms with Gasteiger partial charge in [0.25, 0.3) is 0 Å². The fourth-order valence-electron chi connectivity index (χ4n) is 11.8. The lowest BCUT2D eigenvalue weighted by Crippen LogP contribution is -2.72.